The summed E-state index contributed by atoms with van der Waals surface area (Å²) in [5, 5.41) is 13.0. The summed E-state index contributed by atoms with van der Waals surface area (Å²) in [7, 11) is 0. The lowest BCUT2D eigenvalue weighted by Crippen LogP contribution is -2.34. The number of ether oxygens (including phenoxy) is 1. The molecule has 1 aliphatic heterocycles. The average Bonchev–Trinajstić information content (AvgIpc) is 2.84. The minimum atomic E-state index is -0.886. The van der Waals surface area contributed by atoms with Gasteiger partial charge in [0.05, 0.1) is 6.10 Å². The Hall–Kier alpha value is -1.10. The van der Waals surface area contributed by atoms with Crippen LogP contribution in [0.5, 0.6) is 0 Å². The molecule has 0 amide bonds. The number of benzene rings is 1. The number of halogens is 1. The number of hydrogen-bond acceptors (Lipinski definition) is 3. The lowest BCUT2D eigenvalue weighted by atomic mass is 10.0. The third-order valence-electron chi connectivity index (χ3n) is 3.36. The highest BCUT2D eigenvalue weighted by molar-refractivity contribution is 6.30. The Morgan fingerprint density at radius 3 is 3.00 bits per heavy atom. The van der Waals surface area contributed by atoms with Gasteiger partial charge in [-0.15, -0.1) is 0 Å². The Balaban J connectivity index is 2.08. The van der Waals surface area contributed by atoms with Crippen molar-refractivity contribution in [3.05, 3.63) is 34.3 Å². The Bertz CT molecular complexity index is 458. The summed E-state index contributed by atoms with van der Waals surface area (Å²) in [5.41, 5.74) is 1.62. The van der Waals surface area contributed by atoms with Gasteiger partial charge in [0.2, 0.25) is 0 Å². The van der Waals surface area contributed by atoms with Crippen molar-refractivity contribution in [3.8, 4) is 0 Å². The van der Waals surface area contributed by atoms with Crippen molar-refractivity contribution in [3.63, 3.8) is 0 Å². The Morgan fingerprint density at radius 1 is 1.63 bits per heavy atom. The number of aryl methyl sites for hydroxylation is 1. The fourth-order valence-corrected chi connectivity index (χ4v) is 2.57. The molecule has 0 aromatic heterocycles. The van der Waals surface area contributed by atoms with E-state index >= 15 is 0 Å². The topological polar surface area (TPSA) is 58.6 Å². The van der Waals surface area contributed by atoms with Crippen molar-refractivity contribution in [2.75, 3.05) is 13.2 Å². The predicted octanol–water partition coefficient (Wildman–Crippen LogP) is 2.54. The molecule has 2 atom stereocenters. The molecule has 0 bridgehead atoms. The molecule has 1 heterocycles. The molecule has 0 aliphatic carbocycles. The normalized spacial score (nSPS) is 20.4. The number of hydrogen-bond donors (Lipinski definition) is 2. The molecule has 1 saturated heterocycles. The van der Waals surface area contributed by atoms with Gasteiger partial charge < -0.3 is 9.84 Å². The van der Waals surface area contributed by atoms with Crippen molar-refractivity contribution >= 4 is 17.6 Å². The van der Waals surface area contributed by atoms with Gasteiger partial charge in [-0.25, -0.2) is 0 Å². The number of rotatable bonds is 5. The number of carbonyl (C=O) groups is 1. The van der Waals surface area contributed by atoms with Crippen LogP contribution in [0.2, 0.25) is 5.02 Å². The van der Waals surface area contributed by atoms with Crippen molar-refractivity contribution in [2.45, 2.75) is 31.9 Å². The zero-order valence-electron chi connectivity index (χ0n) is 10.9. The van der Waals surface area contributed by atoms with Crippen LogP contribution in [-0.4, -0.2) is 30.3 Å². The lowest BCUT2D eigenvalue weighted by Gasteiger charge is -2.19. The van der Waals surface area contributed by atoms with Gasteiger partial charge in [0.15, 0.2) is 0 Å². The van der Waals surface area contributed by atoms with Crippen LogP contribution in [0.3, 0.4) is 0 Å². The fourth-order valence-electron chi connectivity index (χ4n) is 2.35. The molecule has 2 rings (SSSR count). The van der Waals surface area contributed by atoms with Crippen molar-refractivity contribution in [2.24, 2.45) is 0 Å². The highest BCUT2D eigenvalue weighted by Gasteiger charge is 2.24. The SMILES string of the molecule is Cc1cc(Cl)ccc1C(NCC1CCCO1)C(=O)O. The monoisotopic (exact) mass is 283 g/mol. The van der Waals surface area contributed by atoms with Crippen LogP contribution >= 0.6 is 11.6 Å². The summed E-state index contributed by atoms with van der Waals surface area (Å²) >= 11 is 5.89. The maximum Gasteiger partial charge on any atom is 0.325 e. The summed E-state index contributed by atoms with van der Waals surface area (Å²) < 4.78 is 5.49. The van der Waals surface area contributed by atoms with Crippen LogP contribution in [0.1, 0.15) is 30.0 Å². The second-order valence-electron chi connectivity index (χ2n) is 4.82. The quantitative estimate of drug-likeness (QED) is 0.872. The lowest BCUT2D eigenvalue weighted by molar-refractivity contribution is -0.139. The Morgan fingerprint density at radius 2 is 2.42 bits per heavy atom. The van der Waals surface area contributed by atoms with Crippen molar-refractivity contribution in [1.82, 2.24) is 5.32 Å². The number of aliphatic carboxylic acids is 1. The van der Waals surface area contributed by atoms with Crippen LogP contribution in [0.25, 0.3) is 0 Å². The smallest absolute Gasteiger partial charge is 0.325 e. The first-order valence-corrected chi connectivity index (χ1v) is 6.79. The number of carboxylic acids is 1. The van der Waals surface area contributed by atoms with Gasteiger partial charge in [0.1, 0.15) is 6.04 Å². The second kappa shape index (κ2) is 6.37. The van der Waals surface area contributed by atoms with Gasteiger partial charge in [-0.1, -0.05) is 17.7 Å². The molecule has 5 heteroatoms. The molecule has 1 aliphatic rings. The largest absolute Gasteiger partial charge is 0.480 e. The molecule has 0 saturated carbocycles. The summed E-state index contributed by atoms with van der Waals surface area (Å²) in [6, 6.07) is 4.54. The van der Waals surface area contributed by atoms with E-state index in [2.05, 4.69) is 5.32 Å². The first kappa shape index (κ1) is 14.3. The molecule has 2 N–H and O–H groups in total. The number of carboxylic acid groups (broad SMARTS) is 1. The van der Waals surface area contributed by atoms with E-state index in [1.165, 1.54) is 0 Å². The van der Waals surface area contributed by atoms with E-state index in [0.29, 0.717) is 11.6 Å². The first-order valence-electron chi connectivity index (χ1n) is 6.42. The highest BCUT2D eigenvalue weighted by atomic mass is 35.5. The second-order valence-corrected chi connectivity index (χ2v) is 5.25. The standard InChI is InChI=1S/C14H18ClNO3/c1-9-7-10(15)4-5-12(9)13(14(17)18)16-8-11-3-2-6-19-11/h4-5,7,11,13,16H,2-3,6,8H2,1H3,(H,17,18). The van der Waals surface area contributed by atoms with Crippen LogP contribution in [-0.2, 0) is 9.53 Å². The molecule has 0 spiro atoms. The zero-order chi connectivity index (χ0) is 13.8. The third-order valence-corrected chi connectivity index (χ3v) is 3.60. The molecule has 1 fully saturated rings. The van der Waals surface area contributed by atoms with Crippen molar-refractivity contribution < 1.29 is 14.6 Å². The summed E-state index contributed by atoms with van der Waals surface area (Å²) in [6.45, 7) is 3.19. The van der Waals surface area contributed by atoms with Crippen LogP contribution < -0.4 is 5.32 Å². The molecule has 0 radical (unpaired) electrons. The minimum Gasteiger partial charge on any atom is -0.480 e. The molecular formula is C14H18ClNO3. The van der Waals surface area contributed by atoms with Gasteiger partial charge in [-0.3, -0.25) is 10.1 Å². The molecule has 1 aromatic carbocycles. The van der Waals surface area contributed by atoms with Gasteiger partial charge in [-0.05, 0) is 43.0 Å². The maximum atomic E-state index is 11.4. The van der Waals surface area contributed by atoms with E-state index in [1.54, 1.807) is 18.2 Å². The number of nitrogens with one attached hydrogen (secondary N) is 1. The van der Waals surface area contributed by atoms with Crippen LogP contribution in [0.15, 0.2) is 18.2 Å². The van der Waals surface area contributed by atoms with E-state index < -0.39 is 12.0 Å². The van der Waals surface area contributed by atoms with Crippen LogP contribution in [0, 0.1) is 6.92 Å². The molecule has 2 unspecified atom stereocenters. The zero-order valence-corrected chi connectivity index (χ0v) is 11.6. The Labute approximate surface area is 117 Å². The summed E-state index contributed by atoms with van der Waals surface area (Å²) in [4.78, 5) is 11.4. The molecule has 19 heavy (non-hydrogen) atoms. The average molecular weight is 284 g/mol. The highest BCUT2D eigenvalue weighted by Crippen LogP contribution is 2.22. The molecule has 104 valence electrons. The Kier molecular flexibility index (Phi) is 4.80. The molecular weight excluding hydrogens is 266 g/mol. The van der Waals surface area contributed by atoms with Crippen molar-refractivity contribution in [1.29, 1.82) is 0 Å². The van der Waals surface area contributed by atoms with Gasteiger partial charge in [-0.2, -0.15) is 0 Å². The summed E-state index contributed by atoms with van der Waals surface area (Å²) in [5.74, 6) is -0.886. The van der Waals surface area contributed by atoms with E-state index in [0.717, 1.165) is 30.6 Å². The first-order chi connectivity index (χ1) is 9.08. The van der Waals surface area contributed by atoms with Crippen LogP contribution in [0.4, 0.5) is 0 Å². The van der Waals surface area contributed by atoms with Gasteiger partial charge in [0.25, 0.3) is 0 Å². The molecule has 4 nitrogen and oxygen atoms in total. The maximum absolute atomic E-state index is 11.4. The minimum absolute atomic E-state index is 0.120. The fraction of sp³-hybridized carbons (Fsp3) is 0.500. The van der Waals surface area contributed by atoms with E-state index in [-0.39, 0.29) is 6.10 Å². The van der Waals surface area contributed by atoms with E-state index in [1.807, 2.05) is 6.92 Å². The van der Waals surface area contributed by atoms with E-state index in [9.17, 15) is 9.90 Å². The summed E-state index contributed by atoms with van der Waals surface area (Å²) in [6.07, 6.45) is 2.15. The van der Waals surface area contributed by atoms with Gasteiger partial charge in [0, 0.05) is 18.2 Å². The predicted molar refractivity (Wildman–Crippen MR) is 73.5 cm³/mol. The third kappa shape index (κ3) is 3.69. The van der Waals surface area contributed by atoms with Gasteiger partial charge >= 0.3 is 5.97 Å². The molecule has 1 aromatic rings. The van der Waals surface area contributed by atoms with E-state index in [4.69, 9.17) is 16.3 Å².